The SMILES string of the molecule is CS(=O)(=O)NCCOC(=O)CCCCOC(=O)c1cc(I)cc(I)c1I. The van der Waals surface area contributed by atoms with E-state index in [1.165, 1.54) is 0 Å². The summed E-state index contributed by atoms with van der Waals surface area (Å²) >= 11 is 6.45. The topological polar surface area (TPSA) is 98.8 Å². The van der Waals surface area contributed by atoms with E-state index in [0.717, 1.165) is 17.0 Å². The first kappa shape index (κ1) is 24.3. The Morgan fingerprint density at radius 2 is 1.77 bits per heavy atom. The number of halogens is 3. The fourth-order valence-corrected chi connectivity index (χ4v) is 4.61. The number of nitrogens with one attached hydrogen (secondary N) is 1. The van der Waals surface area contributed by atoms with Gasteiger partial charge in [-0.3, -0.25) is 4.79 Å². The Labute approximate surface area is 193 Å². The minimum absolute atomic E-state index is 0.00932. The molecule has 0 aliphatic heterocycles. The van der Waals surface area contributed by atoms with Gasteiger partial charge in [0.25, 0.3) is 0 Å². The third-order valence-electron chi connectivity index (χ3n) is 2.95. The lowest BCUT2D eigenvalue weighted by Gasteiger charge is -2.08. The molecular formula is C15H18I3NO6S. The molecule has 0 aromatic heterocycles. The largest absolute Gasteiger partial charge is 0.464 e. The maximum Gasteiger partial charge on any atom is 0.339 e. The summed E-state index contributed by atoms with van der Waals surface area (Å²) < 4.78 is 36.9. The zero-order valence-electron chi connectivity index (χ0n) is 13.9. The van der Waals surface area contributed by atoms with Crippen LogP contribution in [0.4, 0.5) is 0 Å². The molecule has 0 aliphatic rings. The van der Waals surface area contributed by atoms with Crippen molar-refractivity contribution in [1.82, 2.24) is 4.72 Å². The van der Waals surface area contributed by atoms with Gasteiger partial charge in [-0.1, -0.05) is 0 Å². The van der Waals surface area contributed by atoms with Gasteiger partial charge in [0.1, 0.15) is 6.61 Å². The van der Waals surface area contributed by atoms with Crippen molar-refractivity contribution in [3.05, 3.63) is 28.4 Å². The van der Waals surface area contributed by atoms with Crippen LogP contribution in [0.15, 0.2) is 12.1 Å². The third kappa shape index (κ3) is 9.98. The van der Waals surface area contributed by atoms with E-state index in [1.54, 1.807) is 6.07 Å². The lowest BCUT2D eigenvalue weighted by molar-refractivity contribution is -0.143. The highest BCUT2D eigenvalue weighted by atomic mass is 127. The minimum Gasteiger partial charge on any atom is -0.464 e. The van der Waals surface area contributed by atoms with Crippen LogP contribution in [0.25, 0.3) is 0 Å². The van der Waals surface area contributed by atoms with Crippen molar-refractivity contribution in [2.24, 2.45) is 0 Å². The van der Waals surface area contributed by atoms with Crippen LogP contribution in [-0.2, 0) is 24.3 Å². The molecule has 1 aromatic rings. The summed E-state index contributed by atoms with van der Waals surface area (Å²) in [7, 11) is -3.28. The maximum atomic E-state index is 12.1. The van der Waals surface area contributed by atoms with Gasteiger partial charge in [0.2, 0.25) is 10.0 Å². The van der Waals surface area contributed by atoms with Gasteiger partial charge in [-0.25, -0.2) is 17.9 Å². The quantitative estimate of drug-likeness (QED) is 0.173. The molecule has 0 saturated carbocycles. The molecule has 0 heterocycles. The summed E-state index contributed by atoms with van der Waals surface area (Å²) in [6.45, 7) is 0.264. The fourth-order valence-electron chi connectivity index (χ4n) is 1.78. The zero-order chi connectivity index (χ0) is 19.7. The average molecular weight is 721 g/mol. The number of esters is 2. The van der Waals surface area contributed by atoms with E-state index < -0.39 is 16.0 Å². The van der Waals surface area contributed by atoms with Crippen LogP contribution in [-0.4, -0.2) is 46.4 Å². The number of rotatable bonds is 10. The molecule has 0 amide bonds. The van der Waals surface area contributed by atoms with Crippen LogP contribution in [0.1, 0.15) is 29.6 Å². The van der Waals surface area contributed by atoms with E-state index in [2.05, 4.69) is 72.5 Å². The molecule has 0 fully saturated rings. The summed E-state index contributed by atoms with van der Waals surface area (Å²) in [4.78, 5) is 23.6. The summed E-state index contributed by atoms with van der Waals surface area (Å²) in [5, 5.41) is 0. The third-order valence-corrected chi connectivity index (χ3v) is 7.35. The monoisotopic (exact) mass is 721 g/mol. The van der Waals surface area contributed by atoms with Crippen molar-refractivity contribution in [3.8, 4) is 0 Å². The molecule has 7 nitrogen and oxygen atoms in total. The van der Waals surface area contributed by atoms with Gasteiger partial charge in [-0.2, -0.15) is 0 Å². The molecule has 146 valence electrons. The molecule has 0 unspecified atom stereocenters. The van der Waals surface area contributed by atoms with Crippen molar-refractivity contribution in [2.45, 2.75) is 19.3 Å². The van der Waals surface area contributed by atoms with Crippen molar-refractivity contribution < 1.29 is 27.5 Å². The van der Waals surface area contributed by atoms with Gasteiger partial charge >= 0.3 is 11.9 Å². The molecule has 26 heavy (non-hydrogen) atoms. The average Bonchev–Trinajstić information content (AvgIpc) is 2.53. The van der Waals surface area contributed by atoms with Gasteiger partial charge in [0.05, 0.1) is 18.4 Å². The Bertz CT molecular complexity index is 754. The summed E-state index contributed by atoms with van der Waals surface area (Å²) in [6.07, 6.45) is 2.29. The second kappa shape index (κ2) is 12.0. The molecule has 0 atom stereocenters. The molecule has 0 aliphatic carbocycles. The van der Waals surface area contributed by atoms with Gasteiger partial charge < -0.3 is 9.47 Å². The van der Waals surface area contributed by atoms with Crippen LogP contribution in [0.3, 0.4) is 0 Å². The molecular weight excluding hydrogens is 703 g/mol. The highest BCUT2D eigenvalue weighted by Crippen LogP contribution is 2.23. The number of unbranched alkanes of at least 4 members (excludes halogenated alkanes) is 1. The standard InChI is InChI=1S/C15H18I3NO6S/c1-26(22,23)19-5-7-24-13(20)4-2-3-6-25-15(21)11-8-10(16)9-12(17)14(11)18/h8-9,19H,2-7H2,1H3. The van der Waals surface area contributed by atoms with E-state index in [9.17, 15) is 18.0 Å². The van der Waals surface area contributed by atoms with Gasteiger partial charge in [0.15, 0.2) is 0 Å². The van der Waals surface area contributed by atoms with E-state index in [1.807, 2.05) is 6.07 Å². The predicted molar refractivity (Wildman–Crippen MR) is 123 cm³/mol. The van der Waals surface area contributed by atoms with Gasteiger partial charge in [0, 0.05) is 23.7 Å². The Balaban J connectivity index is 2.22. The highest BCUT2D eigenvalue weighted by molar-refractivity contribution is 14.1. The van der Waals surface area contributed by atoms with Gasteiger partial charge in [-0.05, 0) is 92.7 Å². The Morgan fingerprint density at radius 1 is 1.08 bits per heavy atom. The lowest BCUT2D eigenvalue weighted by atomic mass is 10.2. The second-order valence-electron chi connectivity index (χ2n) is 5.23. The number of carbonyl (C=O) groups excluding carboxylic acids is 2. The maximum absolute atomic E-state index is 12.1. The first-order valence-electron chi connectivity index (χ1n) is 7.52. The Morgan fingerprint density at radius 3 is 2.42 bits per heavy atom. The minimum atomic E-state index is -3.28. The van der Waals surface area contributed by atoms with Crippen molar-refractivity contribution >= 4 is 89.7 Å². The number of hydrogen-bond acceptors (Lipinski definition) is 6. The number of sulfonamides is 1. The second-order valence-corrected chi connectivity index (χ2v) is 10.5. The van der Waals surface area contributed by atoms with Crippen molar-refractivity contribution in [1.29, 1.82) is 0 Å². The van der Waals surface area contributed by atoms with E-state index in [4.69, 9.17) is 9.47 Å². The van der Waals surface area contributed by atoms with E-state index in [0.29, 0.717) is 18.4 Å². The fraction of sp³-hybridized carbons (Fsp3) is 0.467. The number of ether oxygens (including phenoxy) is 2. The summed E-state index contributed by atoms with van der Waals surface area (Å²) in [5.41, 5.74) is 0.541. The first-order chi connectivity index (χ1) is 12.1. The number of hydrogen-bond donors (Lipinski definition) is 1. The Kier molecular flexibility index (Phi) is 11.2. The predicted octanol–water partition coefficient (Wildman–Crippen LogP) is 2.92. The lowest BCUT2D eigenvalue weighted by Crippen LogP contribution is -2.26. The van der Waals surface area contributed by atoms with Crippen LogP contribution in [0.5, 0.6) is 0 Å². The van der Waals surface area contributed by atoms with Crippen LogP contribution in [0, 0.1) is 10.7 Å². The molecule has 1 rings (SSSR count). The first-order valence-corrected chi connectivity index (χ1v) is 12.6. The normalized spacial score (nSPS) is 11.2. The molecule has 1 aromatic carbocycles. The molecule has 0 bridgehead atoms. The van der Waals surface area contributed by atoms with Crippen molar-refractivity contribution in [3.63, 3.8) is 0 Å². The molecule has 11 heteroatoms. The molecule has 0 radical (unpaired) electrons. The summed E-state index contributed by atoms with van der Waals surface area (Å²) in [5.74, 6) is -0.784. The van der Waals surface area contributed by atoms with Crippen LogP contribution < -0.4 is 4.72 Å². The number of benzene rings is 1. The molecule has 0 spiro atoms. The van der Waals surface area contributed by atoms with Crippen molar-refractivity contribution in [2.75, 3.05) is 26.0 Å². The Hall–Kier alpha value is 0.260. The smallest absolute Gasteiger partial charge is 0.339 e. The molecule has 1 N–H and O–H groups in total. The van der Waals surface area contributed by atoms with Crippen LogP contribution in [0.2, 0.25) is 0 Å². The van der Waals surface area contributed by atoms with Gasteiger partial charge in [-0.15, -0.1) is 0 Å². The number of carbonyl (C=O) groups is 2. The zero-order valence-corrected chi connectivity index (χ0v) is 21.2. The van der Waals surface area contributed by atoms with E-state index in [-0.39, 0.29) is 32.1 Å². The summed E-state index contributed by atoms with van der Waals surface area (Å²) in [6, 6.07) is 3.77. The van der Waals surface area contributed by atoms with E-state index >= 15 is 0 Å². The molecule has 0 saturated heterocycles. The highest BCUT2D eigenvalue weighted by Gasteiger charge is 2.15. The van der Waals surface area contributed by atoms with Crippen LogP contribution >= 0.6 is 67.8 Å².